The first-order chi connectivity index (χ1) is 12.8. The molecule has 1 amide bonds. The van der Waals surface area contributed by atoms with Gasteiger partial charge in [-0.2, -0.15) is 0 Å². The van der Waals surface area contributed by atoms with Gasteiger partial charge < -0.3 is 19.8 Å². The van der Waals surface area contributed by atoms with Gasteiger partial charge in [0, 0.05) is 5.69 Å². The number of methoxy groups -OCH3 is 1. The van der Waals surface area contributed by atoms with Crippen LogP contribution in [0.3, 0.4) is 0 Å². The van der Waals surface area contributed by atoms with E-state index in [1.54, 1.807) is 31.4 Å². The number of rotatable bonds is 7. The van der Waals surface area contributed by atoms with Crippen molar-refractivity contribution in [2.45, 2.75) is 26.9 Å². The van der Waals surface area contributed by atoms with Crippen molar-refractivity contribution in [2.75, 3.05) is 13.7 Å². The van der Waals surface area contributed by atoms with Crippen LogP contribution < -0.4 is 5.32 Å². The van der Waals surface area contributed by atoms with E-state index in [9.17, 15) is 19.2 Å². The number of aromatic nitrogens is 1. The van der Waals surface area contributed by atoms with Gasteiger partial charge in [0.1, 0.15) is 6.54 Å². The fraction of sp³-hybridized carbons (Fsp3) is 0.333. The molecule has 0 aliphatic heterocycles. The van der Waals surface area contributed by atoms with Crippen LogP contribution in [-0.4, -0.2) is 48.4 Å². The number of esters is 2. The number of H-pyrrole nitrogens is 1. The molecule has 2 aromatic heterocycles. The third-order valence-corrected chi connectivity index (χ3v) is 4.76. The molecular formula is C18H20N2O6S. The first kappa shape index (κ1) is 20.4. The van der Waals surface area contributed by atoms with E-state index in [0.717, 1.165) is 0 Å². The van der Waals surface area contributed by atoms with Crippen LogP contribution in [0.5, 0.6) is 0 Å². The second-order valence-corrected chi connectivity index (χ2v) is 6.72. The van der Waals surface area contributed by atoms with Gasteiger partial charge in [0.05, 0.1) is 23.2 Å². The van der Waals surface area contributed by atoms with Gasteiger partial charge in [-0.1, -0.05) is 6.07 Å². The van der Waals surface area contributed by atoms with Crippen LogP contribution in [0.4, 0.5) is 0 Å². The molecule has 0 aliphatic carbocycles. The van der Waals surface area contributed by atoms with Crippen LogP contribution in [0.25, 0.3) is 0 Å². The van der Waals surface area contributed by atoms with Gasteiger partial charge in [-0.3, -0.25) is 14.4 Å². The highest BCUT2D eigenvalue weighted by atomic mass is 32.1. The maximum atomic E-state index is 12.6. The molecule has 0 radical (unpaired) electrons. The lowest BCUT2D eigenvalue weighted by molar-refractivity contribution is -0.145. The molecule has 9 heteroatoms. The van der Waals surface area contributed by atoms with Crippen molar-refractivity contribution < 1.29 is 28.7 Å². The summed E-state index contributed by atoms with van der Waals surface area (Å²) in [5, 5.41) is 4.18. The maximum Gasteiger partial charge on any atom is 0.339 e. The van der Waals surface area contributed by atoms with E-state index >= 15 is 0 Å². The normalized spacial score (nSPS) is 11.6. The Labute approximate surface area is 159 Å². The Morgan fingerprint density at radius 3 is 2.56 bits per heavy atom. The number of hydrogen-bond acceptors (Lipinski definition) is 7. The number of nitrogens with one attached hydrogen (secondary N) is 2. The summed E-state index contributed by atoms with van der Waals surface area (Å²) in [7, 11) is 1.25. The SMILES string of the molecule is COC(=O)c1c(C)[nH]c(C(=O)[C@@H](C)OC(=O)CNC(=O)c2cccs2)c1C. The lowest BCUT2D eigenvalue weighted by Gasteiger charge is -2.12. The number of carbonyl (C=O) groups excluding carboxylic acids is 4. The number of aryl methyl sites for hydroxylation is 1. The molecule has 2 aromatic rings. The highest BCUT2D eigenvalue weighted by Gasteiger charge is 2.27. The first-order valence-corrected chi connectivity index (χ1v) is 8.97. The molecule has 0 aliphatic rings. The van der Waals surface area contributed by atoms with Gasteiger partial charge in [-0.25, -0.2) is 4.79 Å². The monoisotopic (exact) mass is 392 g/mol. The van der Waals surface area contributed by atoms with Crippen LogP contribution in [0.15, 0.2) is 17.5 Å². The summed E-state index contributed by atoms with van der Waals surface area (Å²) >= 11 is 1.25. The Hall–Kier alpha value is -2.94. The number of hydrogen-bond donors (Lipinski definition) is 2. The molecule has 8 nitrogen and oxygen atoms in total. The Bertz CT molecular complexity index is 869. The standard InChI is InChI=1S/C18H20N2O6S/c1-9-14(18(24)25-4)10(2)20-15(9)16(22)11(3)26-13(21)8-19-17(23)12-6-5-7-27-12/h5-7,11,20H,8H2,1-4H3,(H,19,23)/t11-/m1/s1. The molecule has 27 heavy (non-hydrogen) atoms. The van der Waals surface area contributed by atoms with Gasteiger partial charge in [0.15, 0.2) is 6.10 Å². The van der Waals surface area contributed by atoms with Crippen molar-refractivity contribution in [1.29, 1.82) is 0 Å². The van der Waals surface area contributed by atoms with E-state index in [1.165, 1.54) is 25.4 Å². The summed E-state index contributed by atoms with van der Waals surface area (Å²) in [5.41, 5.74) is 1.38. The first-order valence-electron chi connectivity index (χ1n) is 8.09. The van der Waals surface area contributed by atoms with Crippen molar-refractivity contribution in [1.82, 2.24) is 10.3 Å². The molecule has 0 bridgehead atoms. The molecule has 2 heterocycles. The number of aromatic amines is 1. The van der Waals surface area contributed by atoms with E-state index in [-0.39, 0.29) is 23.7 Å². The van der Waals surface area contributed by atoms with E-state index < -0.39 is 23.8 Å². The molecule has 144 valence electrons. The van der Waals surface area contributed by atoms with Gasteiger partial charge in [-0.15, -0.1) is 11.3 Å². The van der Waals surface area contributed by atoms with Crippen LogP contribution in [-0.2, 0) is 14.3 Å². The number of ether oxygens (including phenoxy) is 2. The van der Waals surface area contributed by atoms with Crippen LogP contribution in [0, 0.1) is 13.8 Å². The van der Waals surface area contributed by atoms with Crippen LogP contribution in [0.2, 0.25) is 0 Å². The topological polar surface area (TPSA) is 115 Å². The molecule has 2 N–H and O–H groups in total. The molecular weight excluding hydrogens is 372 g/mol. The molecule has 0 unspecified atom stereocenters. The van der Waals surface area contributed by atoms with Gasteiger partial charge in [0.2, 0.25) is 5.78 Å². The summed E-state index contributed by atoms with van der Waals surface area (Å²) in [6.07, 6.45) is -1.08. The van der Waals surface area contributed by atoms with Gasteiger partial charge >= 0.3 is 11.9 Å². The zero-order chi connectivity index (χ0) is 20.1. The number of Topliss-reactive ketones (excluding diaryl/α,β-unsaturated/α-hetero) is 1. The Morgan fingerprint density at radius 2 is 1.96 bits per heavy atom. The lowest BCUT2D eigenvalue weighted by Crippen LogP contribution is -2.34. The van der Waals surface area contributed by atoms with E-state index in [1.807, 2.05) is 0 Å². The third kappa shape index (κ3) is 4.62. The lowest BCUT2D eigenvalue weighted by atomic mass is 10.1. The summed E-state index contributed by atoms with van der Waals surface area (Å²) < 4.78 is 9.80. The largest absolute Gasteiger partial charge is 0.465 e. The zero-order valence-electron chi connectivity index (χ0n) is 15.4. The van der Waals surface area contributed by atoms with Crippen molar-refractivity contribution in [3.63, 3.8) is 0 Å². The molecule has 0 saturated carbocycles. The molecule has 0 fully saturated rings. The predicted octanol–water partition coefficient (Wildman–Crippen LogP) is 2.02. The third-order valence-electron chi connectivity index (χ3n) is 3.89. The van der Waals surface area contributed by atoms with Gasteiger partial charge in [-0.05, 0) is 37.8 Å². The molecule has 0 spiro atoms. The average molecular weight is 392 g/mol. The number of carbonyl (C=O) groups is 4. The summed E-state index contributed by atoms with van der Waals surface area (Å²) in [4.78, 5) is 51.4. The smallest absolute Gasteiger partial charge is 0.339 e. The second-order valence-electron chi connectivity index (χ2n) is 5.77. The summed E-state index contributed by atoms with van der Waals surface area (Å²) in [6.45, 7) is 4.32. The number of thiophene rings is 1. The fourth-order valence-corrected chi connectivity index (χ4v) is 3.19. The number of amides is 1. The average Bonchev–Trinajstić information content (AvgIpc) is 3.26. The van der Waals surface area contributed by atoms with E-state index in [0.29, 0.717) is 16.1 Å². The van der Waals surface area contributed by atoms with Gasteiger partial charge in [0.25, 0.3) is 5.91 Å². The Morgan fingerprint density at radius 1 is 1.26 bits per heavy atom. The zero-order valence-corrected chi connectivity index (χ0v) is 16.2. The highest BCUT2D eigenvalue weighted by Crippen LogP contribution is 2.20. The Balaban J connectivity index is 1.98. The minimum atomic E-state index is -1.08. The second kappa shape index (κ2) is 8.63. The molecule has 1 atom stereocenters. The van der Waals surface area contributed by atoms with Crippen molar-refractivity contribution in [3.05, 3.63) is 44.9 Å². The minimum Gasteiger partial charge on any atom is -0.465 e. The maximum absolute atomic E-state index is 12.6. The highest BCUT2D eigenvalue weighted by molar-refractivity contribution is 7.12. The predicted molar refractivity (Wildman–Crippen MR) is 98.1 cm³/mol. The molecule has 0 saturated heterocycles. The summed E-state index contributed by atoms with van der Waals surface area (Å²) in [6, 6.07) is 3.36. The molecule has 0 aromatic carbocycles. The van der Waals surface area contributed by atoms with Crippen LogP contribution in [0.1, 0.15) is 48.7 Å². The van der Waals surface area contributed by atoms with E-state index in [4.69, 9.17) is 9.47 Å². The van der Waals surface area contributed by atoms with Crippen LogP contribution >= 0.6 is 11.3 Å². The van der Waals surface area contributed by atoms with Crippen molar-refractivity contribution >= 4 is 35.0 Å². The van der Waals surface area contributed by atoms with Crippen molar-refractivity contribution in [3.8, 4) is 0 Å². The minimum absolute atomic E-state index is 0.177. The number of ketones is 1. The quantitative estimate of drug-likeness (QED) is 0.550. The fourth-order valence-electron chi connectivity index (χ4n) is 2.55. The van der Waals surface area contributed by atoms with Crippen molar-refractivity contribution in [2.24, 2.45) is 0 Å². The molecule has 2 rings (SSSR count). The summed E-state index contributed by atoms with van der Waals surface area (Å²) in [5.74, 6) is -2.17. The Kier molecular flexibility index (Phi) is 6.51. The van der Waals surface area contributed by atoms with E-state index in [2.05, 4.69) is 10.3 Å².